The maximum Gasteiger partial charge on any atom is 0.110 e. The molecule has 0 aromatic carbocycles. The van der Waals surface area contributed by atoms with E-state index < -0.39 is 0 Å². The van der Waals surface area contributed by atoms with Crippen molar-refractivity contribution < 1.29 is 0 Å². The second-order valence-corrected chi connectivity index (χ2v) is 7.11. The average molecular weight is 280 g/mol. The van der Waals surface area contributed by atoms with Crippen molar-refractivity contribution in [3.05, 3.63) is 15.6 Å². The van der Waals surface area contributed by atoms with E-state index in [-0.39, 0.29) is 0 Å². The van der Waals surface area contributed by atoms with E-state index in [1.165, 1.54) is 60.5 Å². The number of nitrogens with zero attached hydrogens (tertiary/aromatic N) is 1. The van der Waals surface area contributed by atoms with Gasteiger partial charge in [-0.2, -0.15) is 0 Å². The van der Waals surface area contributed by atoms with Gasteiger partial charge in [0.15, 0.2) is 0 Å². The Hall–Kier alpha value is -0.410. The van der Waals surface area contributed by atoms with Crippen molar-refractivity contribution in [1.82, 2.24) is 10.3 Å². The topological polar surface area (TPSA) is 24.9 Å². The summed E-state index contributed by atoms with van der Waals surface area (Å²) in [6, 6.07) is 0.496. The molecule has 0 bridgehead atoms. The predicted molar refractivity (Wildman–Crippen MR) is 83.8 cm³/mol. The third-order valence-electron chi connectivity index (χ3n) is 4.30. The Kier molecular flexibility index (Phi) is 5.83. The first-order valence-corrected chi connectivity index (χ1v) is 8.71. The van der Waals surface area contributed by atoms with Gasteiger partial charge in [0.1, 0.15) is 5.01 Å². The standard InChI is InChI=1S/C16H28N2S/c1-4-11-17-15(14-9-7-5-6-8-10-14)16-18-12(2)13(3)19-16/h14-15,17H,4-11H2,1-3H3. The summed E-state index contributed by atoms with van der Waals surface area (Å²) < 4.78 is 0. The zero-order valence-electron chi connectivity index (χ0n) is 12.7. The fourth-order valence-corrected chi connectivity index (χ4v) is 4.12. The molecule has 0 amide bonds. The van der Waals surface area contributed by atoms with E-state index in [0.29, 0.717) is 6.04 Å². The fourth-order valence-electron chi connectivity index (χ4n) is 3.03. The Balaban J connectivity index is 2.13. The van der Waals surface area contributed by atoms with Gasteiger partial charge in [-0.3, -0.25) is 0 Å². The van der Waals surface area contributed by atoms with E-state index in [4.69, 9.17) is 4.98 Å². The number of thiazole rings is 1. The second-order valence-electron chi connectivity index (χ2n) is 5.88. The van der Waals surface area contributed by atoms with Crippen LogP contribution >= 0.6 is 11.3 Å². The lowest BCUT2D eigenvalue weighted by molar-refractivity contribution is 0.325. The van der Waals surface area contributed by atoms with Crippen molar-refractivity contribution in [1.29, 1.82) is 0 Å². The van der Waals surface area contributed by atoms with Crippen molar-refractivity contribution in [3.63, 3.8) is 0 Å². The molecule has 1 aliphatic rings. The Morgan fingerprint density at radius 3 is 2.42 bits per heavy atom. The molecule has 1 aliphatic carbocycles. The van der Waals surface area contributed by atoms with Crippen molar-refractivity contribution in [2.24, 2.45) is 5.92 Å². The SMILES string of the molecule is CCCNC(c1nc(C)c(C)s1)C1CCCCCC1. The molecule has 1 fully saturated rings. The summed E-state index contributed by atoms with van der Waals surface area (Å²) in [5, 5.41) is 5.10. The first kappa shape index (κ1) is 15.0. The zero-order valence-corrected chi connectivity index (χ0v) is 13.5. The van der Waals surface area contributed by atoms with Crippen molar-refractivity contribution in [2.45, 2.75) is 71.8 Å². The van der Waals surface area contributed by atoms with Crippen LogP contribution in [0.4, 0.5) is 0 Å². The molecule has 0 saturated heterocycles. The molecule has 19 heavy (non-hydrogen) atoms. The van der Waals surface area contributed by atoms with Gasteiger partial charge in [-0.05, 0) is 45.6 Å². The van der Waals surface area contributed by atoms with Gasteiger partial charge in [-0.1, -0.05) is 32.6 Å². The largest absolute Gasteiger partial charge is 0.308 e. The molecule has 1 aromatic rings. The smallest absolute Gasteiger partial charge is 0.110 e. The van der Waals surface area contributed by atoms with E-state index in [1.807, 2.05) is 11.3 Å². The number of nitrogens with one attached hydrogen (secondary N) is 1. The summed E-state index contributed by atoms with van der Waals surface area (Å²) in [6.07, 6.45) is 9.60. The Morgan fingerprint density at radius 1 is 1.21 bits per heavy atom. The monoisotopic (exact) mass is 280 g/mol. The van der Waals surface area contributed by atoms with Crippen LogP contribution in [0.15, 0.2) is 0 Å². The van der Waals surface area contributed by atoms with Crippen LogP contribution in [0.5, 0.6) is 0 Å². The molecule has 1 unspecified atom stereocenters. The molecule has 0 spiro atoms. The first-order chi connectivity index (χ1) is 9.22. The summed E-state index contributed by atoms with van der Waals surface area (Å²) in [5.41, 5.74) is 1.22. The molecule has 0 aliphatic heterocycles. The zero-order chi connectivity index (χ0) is 13.7. The Morgan fingerprint density at radius 2 is 1.89 bits per heavy atom. The van der Waals surface area contributed by atoms with Crippen LogP contribution in [0.2, 0.25) is 0 Å². The van der Waals surface area contributed by atoms with Gasteiger partial charge in [0.2, 0.25) is 0 Å². The molecule has 3 heteroatoms. The molecule has 1 saturated carbocycles. The van der Waals surface area contributed by atoms with Crippen LogP contribution in [0, 0.1) is 19.8 Å². The molecule has 2 nitrogen and oxygen atoms in total. The fraction of sp³-hybridized carbons (Fsp3) is 0.812. The number of hydrogen-bond donors (Lipinski definition) is 1. The molecule has 0 radical (unpaired) electrons. The Labute approximate surface area is 122 Å². The lowest BCUT2D eigenvalue weighted by Gasteiger charge is -2.25. The number of rotatable bonds is 5. The Bertz CT molecular complexity index is 359. The van der Waals surface area contributed by atoms with Crippen molar-refractivity contribution in [2.75, 3.05) is 6.54 Å². The van der Waals surface area contributed by atoms with Crippen LogP contribution < -0.4 is 5.32 Å². The van der Waals surface area contributed by atoms with E-state index in [2.05, 4.69) is 26.1 Å². The van der Waals surface area contributed by atoms with Crippen LogP contribution in [0.1, 0.15) is 73.5 Å². The summed E-state index contributed by atoms with van der Waals surface area (Å²) >= 11 is 1.90. The highest BCUT2D eigenvalue weighted by Gasteiger charge is 2.26. The van der Waals surface area contributed by atoms with Crippen LogP contribution in [-0.2, 0) is 0 Å². The lowest BCUT2D eigenvalue weighted by atomic mass is 9.92. The number of aryl methyl sites for hydroxylation is 2. The minimum atomic E-state index is 0.496. The average Bonchev–Trinajstić information content (AvgIpc) is 2.61. The molecule has 2 rings (SSSR count). The highest BCUT2D eigenvalue weighted by molar-refractivity contribution is 7.11. The highest BCUT2D eigenvalue weighted by atomic mass is 32.1. The summed E-state index contributed by atoms with van der Waals surface area (Å²) in [6.45, 7) is 7.69. The number of hydrogen-bond acceptors (Lipinski definition) is 3. The summed E-state index contributed by atoms with van der Waals surface area (Å²) in [5.74, 6) is 0.791. The second kappa shape index (κ2) is 7.39. The summed E-state index contributed by atoms with van der Waals surface area (Å²) in [7, 11) is 0. The van der Waals surface area contributed by atoms with Crippen molar-refractivity contribution >= 4 is 11.3 Å². The first-order valence-electron chi connectivity index (χ1n) is 7.89. The van der Waals surface area contributed by atoms with Gasteiger partial charge in [0.05, 0.1) is 11.7 Å². The van der Waals surface area contributed by atoms with Crippen molar-refractivity contribution in [3.8, 4) is 0 Å². The predicted octanol–water partition coefficient (Wildman–Crippen LogP) is 4.77. The maximum atomic E-state index is 4.83. The van der Waals surface area contributed by atoms with E-state index in [1.54, 1.807) is 0 Å². The van der Waals surface area contributed by atoms with Gasteiger partial charge in [0.25, 0.3) is 0 Å². The highest BCUT2D eigenvalue weighted by Crippen LogP contribution is 2.35. The minimum absolute atomic E-state index is 0.496. The molecule has 1 heterocycles. The normalized spacial score (nSPS) is 19.3. The van der Waals surface area contributed by atoms with Crippen LogP contribution in [-0.4, -0.2) is 11.5 Å². The van der Waals surface area contributed by atoms with E-state index in [0.717, 1.165) is 12.5 Å². The third kappa shape index (κ3) is 4.03. The molecule has 1 aromatic heterocycles. The van der Waals surface area contributed by atoms with Gasteiger partial charge in [0, 0.05) is 4.88 Å². The van der Waals surface area contributed by atoms with Gasteiger partial charge >= 0.3 is 0 Å². The van der Waals surface area contributed by atoms with E-state index >= 15 is 0 Å². The molecule has 1 atom stereocenters. The molecule has 1 N–H and O–H groups in total. The van der Waals surface area contributed by atoms with Crippen LogP contribution in [0.25, 0.3) is 0 Å². The van der Waals surface area contributed by atoms with Gasteiger partial charge in [-0.15, -0.1) is 11.3 Å². The van der Waals surface area contributed by atoms with Gasteiger partial charge < -0.3 is 5.32 Å². The van der Waals surface area contributed by atoms with Crippen LogP contribution in [0.3, 0.4) is 0 Å². The van der Waals surface area contributed by atoms with Gasteiger partial charge in [-0.25, -0.2) is 4.98 Å². The number of aromatic nitrogens is 1. The molecule has 108 valence electrons. The minimum Gasteiger partial charge on any atom is -0.308 e. The maximum absolute atomic E-state index is 4.83. The molecular formula is C16H28N2S. The summed E-state index contributed by atoms with van der Waals surface area (Å²) in [4.78, 5) is 6.21. The lowest BCUT2D eigenvalue weighted by Crippen LogP contribution is -2.29. The third-order valence-corrected chi connectivity index (χ3v) is 5.45. The quantitative estimate of drug-likeness (QED) is 0.786. The molecular weight excluding hydrogens is 252 g/mol. The van der Waals surface area contributed by atoms with E-state index in [9.17, 15) is 0 Å².